The van der Waals surface area contributed by atoms with Gasteiger partial charge in [0, 0.05) is 0 Å². The van der Waals surface area contributed by atoms with E-state index >= 15 is 0 Å². The fourth-order valence-corrected chi connectivity index (χ4v) is 2.66. The van der Waals surface area contributed by atoms with E-state index in [-0.39, 0.29) is 0 Å². The van der Waals surface area contributed by atoms with Crippen molar-refractivity contribution in [2.45, 2.75) is 78.1 Å². The van der Waals surface area contributed by atoms with E-state index in [2.05, 4.69) is 26.0 Å². The van der Waals surface area contributed by atoms with Gasteiger partial charge in [0.2, 0.25) is 0 Å². The van der Waals surface area contributed by atoms with Crippen LogP contribution in [0.5, 0.6) is 0 Å². The molecular formula is C16H30. The molecule has 0 heterocycles. The van der Waals surface area contributed by atoms with Gasteiger partial charge in [-0.05, 0) is 31.1 Å². The van der Waals surface area contributed by atoms with Crippen LogP contribution in [0.4, 0.5) is 0 Å². The van der Waals surface area contributed by atoms with E-state index in [1.54, 1.807) is 0 Å². The summed E-state index contributed by atoms with van der Waals surface area (Å²) >= 11 is 0. The smallest absolute Gasteiger partial charge is 0.0233 e. The summed E-state index contributed by atoms with van der Waals surface area (Å²) in [5, 5.41) is 0. The lowest BCUT2D eigenvalue weighted by atomic mass is 9.99. The Morgan fingerprint density at radius 1 is 1.06 bits per heavy atom. The van der Waals surface area contributed by atoms with Crippen LogP contribution in [0.15, 0.2) is 12.2 Å². The fraction of sp³-hybridized carbons (Fsp3) is 0.875. The number of hydrogen-bond donors (Lipinski definition) is 0. The molecule has 0 spiro atoms. The van der Waals surface area contributed by atoms with Crippen molar-refractivity contribution in [1.82, 2.24) is 0 Å². The Labute approximate surface area is 103 Å². The van der Waals surface area contributed by atoms with E-state index in [1.165, 1.54) is 64.2 Å². The van der Waals surface area contributed by atoms with Gasteiger partial charge in [0.25, 0.3) is 0 Å². The van der Waals surface area contributed by atoms with Gasteiger partial charge in [0.05, 0.1) is 0 Å². The first kappa shape index (κ1) is 13.8. The van der Waals surface area contributed by atoms with Gasteiger partial charge in [-0.1, -0.05) is 70.9 Å². The van der Waals surface area contributed by atoms with Gasteiger partial charge in [-0.25, -0.2) is 0 Å². The zero-order chi connectivity index (χ0) is 11.6. The van der Waals surface area contributed by atoms with E-state index in [0.717, 1.165) is 11.8 Å². The molecule has 0 radical (unpaired) electrons. The Kier molecular flexibility index (Phi) is 7.63. The second-order valence-corrected chi connectivity index (χ2v) is 5.61. The van der Waals surface area contributed by atoms with Crippen LogP contribution in [0, 0.1) is 11.8 Å². The van der Waals surface area contributed by atoms with Gasteiger partial charge in [0.1, 0.15) is 0 Å². The Morgan fingerprint density at radius 3 is 2.44 bits per heavy atom. The normalized spacial score (nSPS) is 19.6. The van der Waals surface area contributed by atoms with Crippen LogP contribution in [0.3, 0.4) is 0 Å². The molecule has 0 aromatic rings. The molecule has 0 aromatic carbocycles. The molecule has 0 nitrogen and oxygen atoms in total. The monoisotopic (exact) mass is 222 g/mol. The van der Waals surface area contributed by atoms with Crippen LogP contribution in [-0.4, -0.2) is 0 Å². The summed E-state index contributed by atoms with van der Waals surface area (Å²) in [5.74, 6) is 1.73. The van der Waals surface area contributed by atoms with Crippen LogP contribution in [0.1, 0.15) is 78.1 Å². The molecule has 1 rings (SSSR count). The minimum atomic E-state index is 0.808. The third kappa shape index (κ3) is 6.35. The molecule has 1 atom stereocenters. The number of allylic oxidation sites excluding steroid dienone is 2. The van der Waals surface area contributed by atoms with Gasteiger partial charge in [0.15, 0.2) is 0 Å². The highest BCUT2D eigenvalue weighted by atomic mass is 14.2. The van der Waals surface area contributed by atoms with Crippen LogP contribution >= 0.6 is 0 Å². The third-order valence-electron chi connectivity index (χ3n) is 3.87. The summed E-state index contributed by atoms with van der Waals surface area (Å²) in [5.41, 5.74) is 0. The molecule has 16 heavy (non-hydrogen) atoms. The largest absolute Gasteiger partial charge is 0.0854 e. The van der Waals surface area contributed by atoms with Gasteiger partial charge in [-0.2, -0.15) is 0 Å². The topological polar surface area (TPSA) is 0 Å². The van der Waals surface area contributed by atoms with Crippen molar-refractivity contribution in [3.63, 3.8) is 0 Å². The number of hydrogen-bond acceptors (Lipinski definition) is 0. The Bertz CT molecular complexity index is 174. The van der Waals surface area contributed by atoms with Gasteiger partial charge < -0.3 is 0 Å². The van der Waals surface area contributed by atoms with Crippen molar-refractivity contribution in [3.8, 4) is 0 Å². The molecule has 0 bridgehead atoms. The summed E-state index contributed by atoms with van der Waals surface area (Å²) in [6.07, 6.45) is 19.3. The van der Waals surface area contributed by atoms with Crippen molar-refractivity contribution < 1.29 is 0 Å². The Hall–Kier alpha value is -0.260. The first-order chi connectivity index (χ1) is 7.83. The minimum Gasteiger partial charge on any atom is -0.0854 e. The molecule has 0 saturated heterocycles. The number of rotatable bonds is 8. The molecule has 0 amide bonds. The SMILES string of the molecule is CCCCCCCC(C)C=CC1CCCC1. The molecule has 0 heteroatoms. The lowest BCUT2D eigenvalue weighted by molar-refractivity contribution is 0.546. The first-order valence-electron chi connectivity index (χ1n) is 7.51. The zero-order valence-corrected chi connectivity index (χ0v) is 11.4. The predicted octanol–water partition coefficient (Wildman–Crippen LogP) is 5.73. The molecular weight excluding hydrogens is 192 g/mol. The molecule has 1 aliphatic rings. The van der Waals surface area contributed by atoms with Crippen molar-refractivity contribution in [1.29, 1.82) is 0 Å². The van der Waals surface area contributed by atoms with E-state index in [9.17, 15) is 0 Å². The molecule has 1 unspecified atom stereocenters. The summed E-state index contributed by atoms with van der Waals surface area (Å²) in [6.45, 7) is 4.66. The molecule has 1 saturated carbocycles. The summed E-state index contributed by atoms with van der Waals surface area (Å²) in [6, 6.07) is 0. The highest BCUT2D eigenvalue weighted by molar-refractivity contribution is 4.93. The van der Waals surface area contributed by atoms with Crippen molar-refractivity contribution in [2.75, 3.05) is 0 Å². The minimum absolute atomic E-state index is 0.808. The first-order valence-corrected chi connectivity index (χ1v) is 7.51. The maximum absolute atomic E-state index is 2.50. The second kappa shape index (κ2) is 8.84. The third-order valence-corrected chi connectivity index (χ3v) is 3.87. The summed E-state index contributed by atoms with van der Waals surface area (Å²) < 4.78 is 0. The van der Waals surface area contributed by atoms with Crippen LogP contribution in [-0.2, 0) is 0 Å². The van der Waals surface area contributed by atoms with E-state index < -0.39 is 0 Å². The quantitative estimate of drug-likeness (QED) is 0.363. The van der Waals surface area contributed by atoms with Crippen LogP contribution < -0.4 is 0 Å². The standard InChI is InChI=1S/C16H30/c1-3-4-5-6-7-10-15(2)13-14-16-11-8-9-12-16/h13-16H,3-12H2,1-2H3. The fourth-order valence-electron chi connectivity index (χ4n) is 2.66. The predicted molar refractivity (Wildman–Crippen MR) is 73.6 cm³/mol. The van der Waals surface area contributed by atoms with E-state index in [4.69, 9.17) is 0 Å². The Morgan fingerprint density at radius 2 is 1.75 bits per heavy atom. The highest BCUT2D eigenvalue weighted by Crippen LogP contribution is 2.26. The molecule has 94 valence electrons. The van der Waals surface area contributed by atoms with Crippen LogP contribution in [0.25, 0.3) is 0 Å². The van der Waals surface area contributed by atoms with Crippen molar-refractivity contribution >= 4 is 0 Å². The zero-order valence-electron chi connectivity index (χ0n) is 11.4. The highest BCUT2D eigenvalue weighted by Gasteiger charge is 2.11. The molecule has 1 aliphatic carbocycles. The second-order valence-electron chi connectivity index (χ2n) is 5.61. The Balaban J connectivity index is 1.99. The van der Waals surface area contributed by atoms with Gasteiger partial charge in [-0.15, -0.1) is 0 Å². The average molecular weight is 222 g/mol. The lowest BCUT2D eigenvalue weighted by Crippen LogP contribution is -1.93. The molecule has 1 fully saturated rings. The molecule has 0 N–H and O–H groups in total. The maximum Gasteiger partial charge on any atom is -0.0233 e. The average Bonchev–Trinajstić information content (AvgIpc) is 2.79. The van der Waals surface area contributed by atoms with Gasteiger partial charge >= 0.3 is 0 Å². The molecule has 0 aliphatic heterocycles. The molecule has 0 aromatic heterocycles. The summed E-state index contributed by atoms with van der Waals surface area (Å²) in [7, 11) is 0. The van der Waals surface area contributed by atoms with E-state index in [0.29, 0.717) is 0 Å². The van der Waals surface area contributed by atoms with Crippen molar-refractivity contribution in [3.05, 3.63) is 12.2 Å². The number of unbranched alkanes of at least 4 members (excludes halogenated alkanes) is 4. The van der Waals surface area contributed by atoms with Crippen LogP contribution in [0.2, 0.25) is 0 Å². The maximum atomic E-state index is 2.50. The van der Waals surface area contributed by atoms with Crippen molar-refractivity contribution in [2.24, 2.45) is 11.8 Å². The van der Waals surface area contributed by atoms with Gasteiger partial charge in [-0.3, -0.25) is 0 Å². The van der Waals surface area contributed by atoms with E-state index in [1.807, 2.05) is 0 Å². The lowest BCUT2D eigenvalue weighted by Gasteiger charge is -2.07. The summed E-state index contributed by atoms with van der Waals surface area (Å²) in [4.78, 5) is 0.